The van der Waals surface area contributed by atoms with Crippen LogP contribution in [0.5, 0.6) is 0 Å². The highest BCUT2D eigenvalue weighted by Gasteiger charge is 2.24. The number of carbonyl (C=O) groups is 1. The quantitative estimate of drug-likeness (QED) is 0.790. The van der Waals surface area contributed by atoms with Crippen LogP contribution in [0.4, 0.5) is 4.79 Å². The van der Waals surface area contributed by atoms with E-state index in [0.717, 1.165) is 11.8 Å². The van der Waals surface area contributed by atoms with Gasteiger partial charge in [0.15, 0.2) is 0 Å². The average Bonchev–Trinajstić information content (AvgIpc) is 2.53. The molecule has 0 saturated heterocycles. The lowest BCUT2D eigenvalue weighted by atomic mass is 9.95. The van der Waals surface area contributed by atoms with Gasteiger partial charge in [-0.25, -0.2) is 4.79 Å². The Kier molecular flexibility index (Phi) is 4.07. The number of pyridine rings is 1. The number of amides is 1. The summed E-state index contributed by atoms with van der Waals surface area (Å²) in [5.74, 6) is 0. The van der Waals surface area contributed by atoms with Gasteiger partial charge < -0.3 is 9.64 Å². The zero-order valence-corrected chi connectivity index (χ0v) is 13.9. The number of benzene rings is 1. The maximum absolute atomic E-state index is 12.1. The van der Waals surface area contributed by atoms with Crippen molar-refractivity contribution in [1.29, 1.82) is 0 Å². The first kappa shape index (κ1) is 15.5. The summed E-state index contributed by atoms with van der Waals surface area (Å²) in [6.45, 7) is 6.94. The van der Waals surface area contributed by atoms with E-state index in [-0.39, 0.29) is 6.09 Å². The largest absolute Gasteiger partial charge is 0.444 e. The van der Waals surface area contributed by atoms with Gasteiger partial charge in [0, 0.05) is 30.9 Å². The number of nitrogens with zero attached hydrogens (tertiary/aromatic N) is 2. The Morgan fingerprint density at radius 2 is 2.09 bits per heavy atom. The number of fused-ring (bicyclic) bond motifs is 1. The van der Waals surface area contributed by atoms with Crippen LogP contribution >= 0.6 is 0 Å². The van der Waals surface area contributed by atoms with Gasteiger partial charge in [0.2, 0.25) is 0 Å². The zero-order valence-electron chi connectivity index (χ0n) is 13.9. The fourth-order valence-corrected chi connectivity index (χ4v) is 2.81. The fourth-order valence-electron chi connectivity index (χ4n) is 2.81. The Labute approximate surface area is 136 Å². The topological polar surface area (TPSA) is 42.4 Å². The summed E-state index contributed by atoms with van der Waals surface area (Å²) in [6.07, 6.45) is 6.43. The van der Waals surface area contributed by atoms with Gasteiger partial charge in [-0.2, -0.15) is 0 Å². The molecule has 120 valence electrons. The van der Waals surface area contributed by atoms with E-state index in [1.54, 1.807) is 4.90 Å². The molecule has 0 unspecified atom stereocenters. The lowest BCUT2D eigenvalue weighted by Gasteiger charge is -2.29. The first-order valence-electron chi connectivity index (χ1n) is 7.94. The molecule has 3 rings (SSSR count). The number of aromatic nitrogens is 1. The van der Waals surface area contributed by atoms with Crippen molar-refractivity contribution in [2.24, 2.45) is 0 Å². The molecule has 0 bridgehead atoms. The minimum atomic E-state index is -0.455. The number of hydrogen-bond acceptors (Lipinski definition) is 3. The normalized spacial score (nSPS) is 15.4. The second-order valence-corrected chi connectivity index (χ2v) is 6.81. The molecule has 4 heteroatoms. The SMILES string of the molecule is CC(C)(C)OC(=O)N1CC=C(c2cccc3cnccc23)CC1. The van der Waals surface area contributed by atoms with Gasteiger partial charge in [-0.15, -0.1) is 0 Å². The second kappa shape index (κ2) is 6.03. The van der Waals surface area contributed by atoms with Crippen LogP contribution in [-0.4, -0.2) is 34.7 Å². The van der Waals surface area contributed by atoms with Crippen LogP contribution in [0.3, 0.4) is 0 Å². The first-order valence-corrected chi connectivity index (χ1v) is 7.94. The molecular weight excluding hydrogens is 288 g/mol. The third-order valence-electron chi connectivity index (χ3n) is 3.89. The van der Waals surface area contributed by atoms with E-state index in [4.69, 9.17) is 4.74 Å². The predicted molar refractivity (Wildman–Crippen MR) is 92.1 cm³/mol. The smallest absolute Gasteiger partial charge is 0.410 e. The summed E-state index contributed by atoms with van der Waals surface area (Å²) in [5, 5.41) is 2.35. The molecule has 2 aromatic rings. The lowest BCUT2D eigenvalue weighted by molar-refractivity contribution is 0.0270. The maximum atomic E-state index is 12.1. The van der Waals surface area contributed by atoms with Gasteiger partial charge in [-0.3, -0.25) is 4.98 Å². The molecule has 1 aliphatic rings. The summed E-state index contributed by atoms with van der Waals surface area (Å²) in [4.78, 5) is 18.1. The summed E-state index contributed by atoms with van der Waals surface area (Å²) >= 11 is 0. The maximum Gasteiger partial charge on any atom is 0.410 e. The third-order valence-corrected chi connectivity index (χ3v) is 3.89. The van der Waals surface area contributed by atoms with Crippen molar-refractivity contribution in [3.63, 3.8) is 0 Å². The minimum absolute atomic E-state index is 0.241. The van der Waals surface area contributed by atoms with Crippen molar-refractivity contribution >= 4 is 22.4 Å². The van der Waals surface area contributed by atoms with E-state index < -0.39 is 5.60 Å². The van der Waals surface area contributed by atoms with Crippen molar-refractivity contribution < 1.29 is 9.53 Å². The van der Waals surface area contributed by atoms with Crippen molar-refractivity contribution in [3.05, 3.63) is 48.3 Å². The highest BCUT2D eigenvalue weighted by Crippen LogP contribution is 2.29. The molecule has 1 aromatic heterocycles. The van der Waals surface area contributed by atoms with E-state index in [9.17, 15) is 4.79 Å². The van der Waals surface area contributed by atoms with Crippen LogP contribution in [0.25, 0.3) is 16.3 Å². The highest BCUT2D eigenvalue weighted by molar-refractivity contribution is 5.93. The van der Waals surface area contributed by atoms with Gasteiger partial charge in [-0.1, -0.05) is 24.3 Å². The van der Waals surface area contributed by atoms with Crippen LogP contribution in [0.2, 0.25) is 0 Å². The van der Waals surface area contributed by atoms with Gasteiger partial charge in [0.05, 0.1) is 0 Å². The molecule has 0 N–H and O–H groups in total. The minimum Gasteiger partial charge on any atom is -0.444 e. The van der Waals surface area contributed by atoms with Gasteiger partial charge >= 0.3 is 6.09 Å². The van der Waals surface area contributed by atoms with Crippen molar-refractivity contribution in [2.75, 3.05) is 13.1 Å². The molecule has 0 saturated carbocycles. The van der Waals surface area contributed by atoms with Crippen LogP contribution in [0, 0.1) is 0 Å². The Bertz CT molecular complexity index is 754. The number of carbonyl (C=O) groups excluding carboxylic acids is 1. The highest BCUT2D eigenvalue weighted by atomic mass is 16.6. The van der Waals surface area contributed by atoms with Crippen molar-refractivity contribution in [3.8, 4) is 0 Å². The summed E-state index contributed by atoms with van der Waals surface area (Å²) in [6, 6.07) is 8.31. The zero-order chi connectivity index (χ0) is 16.4. The standard InChI is InChI=1S/C19H22N2O2/c1-19(2,3)23-18(22)21-11-8-14(9-12-21)16-6-4-5-15-13-20-10-7-17(15)16/h4-8,10,13H,9,11-12H2,1-3H3. The summed E-state index contributed by atoms with van der Waals surface area (Å²) in [5.41, 5.74) is 2.05. The Morgan fingerprint density at radius 3 is 2.78 bits per heavy atom. The molecule has 0 fully saturated rings. The Balaban J connectivity index is 1.80. The molecule has 1 aliphatic heterocycles. The second-order valence-electron chi connectivity index (χ2n) is 6.81. The van der Waals surface area contributed by atoms with Crippen LogP contribution in [-0.2, 0) is 4.74 Å². The first-order chi connectivity index (χ1) is 10.9. The van der Waals surface area contributed by atoms with E-state index in [2.05, 4.69) is 29.3 Å². The number of rotatable bonds is 1. The average molecular weight is 310 g/mol. The Hall–Kier alpha value is -2.36. The van der Waals surface area contributed by atoms with E-state index >= 15 is 0 Å². The van der Waals surface area contributed by atoms with Gasteiger partial charge in [0.1, 0.15) is 5.60 Å². The number of hydrogen-bond donors (Lipinski definition) is 0. The molecule has 0 spiro atoms. The number of ether oxygens (including phenoxy) is 1. The molecule has 23 heavy (non-hydrogen) atoms. The fraction of sp³-hybridized carbons (Fsp3) is 0.368. The van der Waals surface area contributed by atoms with Crippen molar-refractivity contribution in [1.82, 2.24) is 9.88 Å². The van der Waals surface area contributed by atoms with Crippen molar-refractivity contribution in [2.45, 2.75) is 32.8 Å². The van der Waals surface area contributed by atoms with Crippen LogP contribution < -0.4 is 0 Å². The molecule has 0 aliphatic carbocycles. The molecular formula is C19H22N2O2. The molecule has 2 heterocycles. The molecule has 1 amide bonds. The molecule has 1 aromatic carbocycles. The lowest BCUT2D eigenvalue weighted by Crippen LogP contribution is -2.39. The Morgan fingerprint density at radius 1 is 1.26 bits per heavy atom. The van der Waals surface area contributed by atoms with E-state index in [1.807, 2.05) is 39.2 Å². The summed E-state index contributed by atoms with van der Waals surface area (Å²) < 4.78 is 5.44. The molecule has 4 nitrogen and oxygen atoms in total. The van der Waals surface area contributed by atoms with Gasteiger partial charge in [-0.05, 0) is 49.8 Å². The third kappa shape index (κ3) is 3.52. The molecule has 0 atom stereocenters. The predicted octanol–water partition coefficient (Wildman–Crippen LogP) is 4.26. The summed E-state index contributed by atoms with van der Waals surface area (Å²) in [7, 11) is 0. The monoisotopic (exact) mass is 310 g/mol. The molecule has 0 radical (unpaired) electrons. The van der Waals surface area contributed by atoms with Gasteiger partial charge in [0.25, 0.3) is 0 Å². The van der Waals surface area contributed by atoms with Crippen LogP contribution in [0.15, 0.2) is 42.7 Å². The van der Waals surface area contributed by atoms with E-state index in [0.29, 0.717) is 13.1 Å². The van der Waals surface area contributed by atoms with E-state index in [1.165, 1.54) is 16.5 Å². The van der Waals surface area contributed by atoms with Crippen LogP contribution in [0.1, 0.15) is 32.8 Å².